The standard InChI is InChI=1S/C9H7BF3N2O2.K/c11-10(12,13)5-15-9(17)7-4-2-1-3-6(7)8(16)14-15;/h1-4H,5H2,(H,14,16);/q-1;+1. The molecule has 0 saturated heterocycles. The zero-order valence-electron chi connectivity index (χ0n) is 9.49. The molecule has 2 rings (SSSR count). The van der Waals surface area contributed by atoms with Crippen LogP contribution in [0.2, 0.25) is 0 Å². The van der Waals surface area contributed by atoms with E-state index in [0.29, 0.717) is 4.68 Å². The molecule has 1 heterocycles. The summed E-state index contributed by atoms with van der Waals surface area (Å²) in [6.45, 7) is -5.18. The van der Waals surface area contributed by atoms with Crippen LogP contribution in [0.25, 0.3) is 10.8 Å². The van der Waals surface area contributed by atoms with Gasteiger partial charge in [0, 0.05) is 6.44 Å². The zero-order valence-corrected chi connectivity index (χ0v) is 12.6. The number of hydrogen-bond donors (Lipinski definition) is 1. The van der Waals surface area contributed by atoms with Crippen molar-refractivity contribution in [2.24, 2.45) is 0 Å². The number of halogens is 3. The number of rotatable bonds is 2. The largest absolute Gasteiger partial charge is 1.00 e. The fourth-order valence-electron chi connectivity index (χ4n) is 1.58. The van der Waals surface area contributed by atoms with Gasteiger partial charge in [-0.25, -0.2) is 0 Å². The summed E-state index contributed by atoms with van der Waals surface area (Å²) >= 11 is 0. The van der Waals surface area contributed by atoms with E-state index in [0.717, 1.165) is 0 Å². The van der Waals surface area contributed by atoms with Gasteiger partial charge in [0.25, 0.3) is 11.1 Å². The number of H-pyrrole nitrogens is 1. The van der Waals surface area contributed by atoms with Gasteiger partial charge in [-0.1, -0.05) is 12.1 Å². The van der Waals surface area contributed by atoms with Crippen molar-refractivity contribution in [3.8, 4) is 0 Å². The van der Waals surface area contributed by atoms with Crippen molar-refractivity contribution in [1.29, 1.82) is 0 Å². The van der Waals surface area contributed by atoms with E-state index in [1.54, 1.807) is 0 Å². The van der Waals surface area contributed by atoms with Crippen molar-refractivity contribution in [3.63, 3.8) is 0 Å². The molecule has 9 heteroatoms. The predicted molar refractivity (Wildman–Crippen MR) is 57.9 cm³/mol. The van der Waals surface area contributed by atoms with E-state index in [2.05, 4.69) is 0 Å². The number of aromatic amines is 1. The molecule has 18 heavy (non-hydrogen) atoms. The maximum Gasteiger partial charge on any atom is 1.00 e. The van der Waals surface area contributed by atoms with Crippen LogP contribution in [0.5, 0.6) is 0 Å². The van der Waals surface area contributed by atoms with E-state index in [9.17, 15) is 22.5 Å². The summed E-state index contributed by atoms with van der Waals surface area (Å²) in [7, 11) is 0. The van der Waals surface area contributed by atoms with E-state index in [1.807, 2.05) is 5.10 Å². The van der Waals surface area contributed by atoms with Crippen molar-refractivity contribution in [2.45, 2.75) is 6.44 Å². The number of aromatic nitrogens is 2. The predicted octanol–water partition coefficient (Wildman–Crippen LogP) is -1.92. The number of nitrogens with one attached hydrogen (secondary N) is 1. The summed E-state index contributed by atoms with van der Waals surface area (Å²) in [5.41, 5.74) is -1.56. The third-order valence-corrected chi connectivity index (χ3v) is 2.27. The molecule has 0 radical (unpaired) electrons. The Labute approximate surface area is 142 Å². The Morgan fingerprint density at radius 1 is 1.11 bits per heavy atom. The second-order valence-corrected chi connectivity index (χ2v) is 3.61. The summed E-state index contributed by atoms with van der Waals surface area (Å²) in [6.07, 6.45) is -1.45. The van der Waals surface area contributed by atoms with Crippen molar-refractivity contribution < 1.29 is 64.3 Å². The first-order valence-corrected chi connectivity index (χ1v) is 4.81. The first-order chi connectivity index (χ1) is 7.88. The van der Waals surface area contributed by atoms with Gasteiger partial charge in [0.05, 0.1) is 10.8 Å². The van der Waals surface area contributed by atoms with Crippen LogP contribution < -0.4 is 62.5 Å². The first-order valence-electron chi connectivity index (χ1n) is 4.81. The summed E-state index contributed by atoms with van der Waals surface area (Å²) in [6, 6.07) is 5.74. The topological polar surface area (TPSA) is 54.9 Å². The SMILES string of the molecule is O=c1[nH]n(C[B-](F)(F)F)c(=O)c2ccccc12.[K+]. The fourth-order valence-corrected chi connectivity index (χ4v) is 1.58. The minimum absolute atomic E-state index is 0. The average molecular weight is 282 g/mol. The molecule has 0 saturated carbocycles. The number of fused-ring (bicyclic) bond motifs is 1. The van der Waals surface area contributed by atoms with Crippen LogP contribution >= 0.6 is 0 Å². The summed E-state index contributed by atoms with van der Waals surface area (Å²) in [5, 5.41) is 1.99. The maximum atomic E-state index is 12.2. The summed E-state index contributed by atoms with van der Waals surface area (Å²) < 4.78 is 37.0. The molecule has 2 aromatic rings. The summed E-state index contributed by atoms with van der Waals surface area (Å²) in [4.78, 5) is 23.1. The van der Waals surface area contributed by atoms with Crippen LogP contribution in [0.15, 0.2) is 33.9 Å². The number of benzene rings is 1. The average Bonchev–Trinajstić information content (AvgIpc) is 2.24. The van der Waals surface area contributed by atoms with Gasteiger partial charge < -0.3 is 12.9 Å². The number of hydrogen-bond acceptors (Lipinski definition) is 2. The molecule has 90 valence electrons. The van der Waals surface area contributed by atoms with Crippen LogP contribution in [0.1, 0.15) is 0 Å². The third-order valence-electron chi connectivity index (χ3n) is 2.27. The monoisotopic (exact) mass is 282 g/mol. The van der Waals surface area contributed by atoms with Crippen molar-refractivity contribution in [3.05, 3.63) is 45.0 Å². The molecule has 1 aromatic heterocycles. The molecule has 0 aliphatic rings. The van der Waals surface area contributed by atoms with E-state index < -0.39 is 24.5 Å². The minimum atomic E-state index is -5.18. The molecule has 0 spiro atoms. The Morgan fingerprint density at radius 3 is 2.22 bits per heavy atom. The molecule has 0 aliphatic heterocycles. The van der Waals surface area contributed by atoms with Gasteiger partial charge in [0.15, 0.2) is 0 Å². The van der Waals surface area contributed by atoms with Gasteiger partial charge in [-0.05, 0) is 12.1 Å². The summed E-state index contributed by atoms with van der Waals surface area (Å²) in [5.74, 6) is 0. The van der Waals surface area contributed by atoms with Crippen LogP contribution in [0.4, 0.5) is 12.9 Å². The van der Waals surface area contributed by atoms with Crippen LogP contribution in [-0.2, 0) is 6.44 Å². The van der Waals surface area contributed by atoms with Crippen LogP contribution in [0.3, 0.4) is 0 Å². The molecule has 0 unspecified atom stereocenters. The third kappa shape index (κ3) is 3.35. The second kappa shape index (κ2) is 5.74. The fraction of sp³-hybridized carbons (Fsp3) is 0.111. The molecule has 1 N–H and O–H groups in total. The molecule has 1 aromatic carbocycles. The van der Waals surface area contributed by atoms with E-state index in [-0.39, 0.29) is 62.2 Å². The Morgan fingerprint density at radius 2 is 1.67 bits per heavy atom. The molecule has 0 amide bonds. The van der Waals surface area contributed by atoms with Crippen molar-refractivity contribution in [2.75, 3.05) is 0 Å². The minimum Gasteiger partial charge on any atom is -0.448 e. The molecule has 0 atom stereocenters. The number of nitrogens with zero attached hydrogens (tertiary/aromatic N) is 1. The molecular formula is C9H7BF3KN2O2. The molecule has 0 bridgehead atoms. The zero-order chi connectivity index (χ0) is 12.6. The van der Waals surface area contributed by atoms with Gasteiger partial charge in [-0.3, -0.25) is 19.4 Å². The Balaban J connectivity index is 0.00000162. The second-order valence-electron chi connectivity index (χ2n) is 3.61. The van der Waals surface area contributed by atoms with E-state index >= 15 is 0 Å². The van der Waals surface area contributed by atoms with Gasteiger partial charge in [0.1, 0.15) is 0 Å². The van der Waals surface area contributed by atoms with Crippen molar-refractivity contribution >= 4 is 17.7 Å². The Hall–Kier alpha value is -0.349. The smallest absolute Gasteiger partial charge is 0.448 e. The van der Waals surface area contributed by atoms with E-state index in [4.69, 9.17) is 0 Å². The van der Waals surface area contributed by atoms with Crippen molar-refractivity contribution in [1.82, 2.24) is 9.78 Å². The van der Waals surface area contributed by atoms with Crippen LogP contribution in [-0.4, -0.2) is 16.8 Å². The Bertz CT molecular complexity index is 680. The van der Waals surface area contributed by atoms with E-state index in [1.165, 1.54) is 24.3 Å². The molecule has 0 fully saturated rings. The van der Waals surface area contributed by atoms with Gasteiger partial charge in [-0.15, -0.1) is 0 Å². The van der Waals surface area contributed by atoms with Crippen LogP contribution in [0, 0.1) is 0 Å². The Kier molecular flexibility index (Phi) is 5.01. The molecular weight excluding hydrogens is 275 g/mol. The molecule has 0 aliphatic carbocycles. The maximum absolute atomic E-state index is 12.2. The first kappa shape index (κ1) is 15.7. The van der Waals surface area contributed by atoms with Gasteiger partial charge in [-0.2, -0.15) is 0 Å². The molecule has 4 nitrogen and oxygen atoms in total. The van der Waals surface area contributed by atoms with Gasteiger partial charge in [0.2, 0.25) is 0 Å². The van der Waals surface area contributed by atoms with Gasteiger partial charge >= 0.3 is 58.4 Å². The normalized spacial score (nSPS) is 11.3. The quantitative estimate of drug-likeness (QED) is 0.653.